The molecule has 1 heterocycles. The van der Waals surface area contributed by atoms with Crippen LogP contribution in [0.1, 0.15) is 59.6 Å². The molecule has 0 saturated carbocycles. The largest absolute Gasteiger partial charge is 0.444 e. The summed E-state index contributed by atoms with van der Waals surface area (Å²) in [4.78, 5) is 50.4. The van der Waals surface area contributed by atoms with Crippen LogP contribution in [0.5, 0.6) is 0 Å². The normalized spacial score (nSPS) is 13.3. The number of carbonyl (C=O) groups is 3. The van der Waals surface area contributed by atoms with E-state index in [0.717, 1.165) is 23.5 Å². The minimum absolute atomic E-state index is 0.117. The second-order valence-corrected chi connectivity index (χ2v) is 15.5. The molecule has 0 aliphatic carbocycles. The molecule has 4 rings (SSSR count). The summed E-state index contributed by atoms with van der Waals surface area (Å²) in [7, 11) is 3.80. The first-order chi connectivity index (χ1) is 25.3. The number of nitrogens with one attached hydrogen (secondary N) is 3. The highest BCUT2D eigenvalue weighted by molar-refractivity contribution is 8.18. The molecule has 0 radical (unpaired) electrons. The number of alkyl carbamates (subject to hydrolysis) is 2. The number of amidine groups is 1. The average Bonchev–Trinajstić information content (AvgIpc) is 3.31. The number of thioether (sulfide) groups is 1. The zero-order chi connectivity index (χ0) is 40.2. The molecular formula is C39H48N8O5S2. The fourth-order valence-corrected chi connectivity index (χ4v) is 5.77. The van der Waals surface area contributed by atoms with Crippen LogP contribution in [0.4, 0.5) is 32.3 Å². The molecule has 0 aromatic heterocycles. The van der Waals surface area contributed by atoms with E-state index in [1.165, 1.54) is 11.8 Å². The summed E-state index contributed by atoms with van der Waals surface area (Å²) in [5.41, 5.74) is 2.98. The third-order valence-electron chi connectivity index (χ3n) is 6.74. The Kier molecular flexibility index (Phi) is 15.1. The van der Waals surface area contributed by atoms with Gasteiger partial charge in [0.05, 0.1) is 40.1 Å². The lowest BCUT2D eigenvalue weighted by atomic mass is 10.2. The molecule has 0 spiro atoms. The highest BCUT2D eigenvalue weighted by Crippen LogP contribution is 2.35. The number of carbonyl (C=O) groups excluding carboxylic acids is 3. The zero-order valence-electron chi connectivity index (χ0n) is 32.1. The van der Waals surface area contributed by atoms with Crippen molar-refractivity contribution in [3.05, 3.63) is 89.3 Å². The predicted molar refractivity (Wildman–Crippen MR) is 220 cm³/mol. The Hall–Kier alpha value is -5.46. The lowest BCUT2D eigenvalue weighted by molar-refractivity contribution is -0.122. The van der Waals surface area contributed by atoms with Gasteiger partial charge in [-0.1, -0.05) is 36.9 Å². The number of aliphatic imine (C=N–C) groups is 2. The van der Waals surface area contributed by atoms with Crippen molar-refractivity contribution in [3.8, 4) is 6.07 Å². The fraction of sp³-hybridized carbons (Fsp3) is 0.333. The van der Waals surface area contributed by atoms with Crippen molar-refractivity contribution in [1.29, 1.82) is 5.26 Å². The quantitative estimate of drug-likeness (QED) is 0.0801. The van der Waals surface area contributed by atoms with E-state index in [4.69, 9.17) is 9.47 Å². The van der Waals surface area contributed by atoms with Crippen LogP contribution in [0.15, 0.2) is 93.1 Å². The van der Waals surface area contributed by atoms with Crippen molar-refractivity contribution in [2.75, 3.05) is 30.9 Å². The first-order valence-corrected chi connectivity index (χ1v) is 18.2. The van der Waals surface area contributed by atoms with Gasteiger partial charge in [-0.3, -0.25) is 20.3 Å². The molecule has 0 atom stereocenters. The van der Waals surface area contributed by atoms with Gasteiger partial charge in [0.15, 0.2) is 5.17 Å². The van der Waals surface area contributed by atoms with Gasteiger partial charge < -0.3 is 19.7 Å². The Bertz CT molecular complexity index is 1910. The lowest BCUT2D eigenvalue weighted by Crippen LogP contribution is -2.47. The number of nitrogens with zero attached hydrogens (tertiary/aromatic N) is 5. The Morgan fingerprint density at radius 3 is 2.09 bits per heavy atom. The van der Waals surface area contributed by atoms with Gasteiger partial charge in [-0.15, -0.1) is 12.6 Å². The van der Waals surface area contributed by atoms with Crippen LogP contribution in [0.2, 0.25) is 0 Å². The van der Waals surface area contributed by atoms with Crippen molar-refractivity contribution in [1.82, 2.24) is 15.5 Å². The lowest BCUT2D eigenvalue weighted by Gasteiger charge is -2.22. The molecule has 1 aliphatic rings. The molecule has 13 nitrogen and oxygen atoms in total. The average molecular weight is 773 g/mol. The maximum absolute atomic E-state index is 12.5. The van der Waals surface area contributed by atoms with E-state index < -0.39 is 23.4 Å². The fourth-order valence-electron chi connectivity index (χ4n) is 4.55. The van der Waals surface area contributed by atoms with Gasteiger partial charge in [0.25, 0.3) is 5.91 Å². The van der Waals surface area contributed by atoms with E-state index in [1.807, 2.05) is 68.4 Å². The molecule has 1 aliphatic heterocycles. The van der Waals surface area contributed by atoms with Gasteiger partial charge in [0.1, 0.15) is 11.2 Å². The van der Waals surface area contributed by atoms with Crippen LogP contribution in [0, 0.1) is 11.3 Å². The number of thiol groups is 1. The number of anilines is 2. The molecule has 3 aromatic carbocycles. The van der Waals surface area contributed by atoms with Crippen molar-refractivity contribution < 1.29 is 23.9 Å². The highest BCUT2D eigenvalue weighted by atomic mass is 32.2. The topological polar surface area (TPSA) is 161 Å². The highest BCUT2D eigenvalue weighted by Gasteiger charge is 2.32. The number of hydrogen-bond acceptors (Lipinski definition) is 12. The maximum Gasteiger partial charge on any atom is 0.414 e. The van der Waals surface area contributed by atoms with Crippen LogP contribution in [-0.4, -0.2) is 66.0 Å². The summed E-state index contributed by atoms with van der Waals surface area (Å²) in [6.45, 7) is 17.4. The van der Waals surface area contributed by atoms with Gasteiger partial charge in [-0.05, 0) is 102 Å². The maximum atomic E-state index is 12.5. The van der Waals surface area contributed by atoms with Gasteiger partial charge in [0, 0.05) is 31.2 Å². The first kappa shape index (κ1) is 42.9. The van der Waals surface area contributed by atoms with Gasteiger partial charge in [-0.25, -0.2) is 19.6 Å². The summed E-state index contributed by atoms with van der Waals surface area (Å²) in [6.07, 6.45) is -1.50. The van der Waals surface area contributed by atoms with Crippen molar-refractivity contribution >= 4 is 76.4 Å². The van der Waals surface area contributed by atoms with Gasteiger partial charge >= 0.3 is 12.2 Å². The summed E-state index contributed by atoms with van der Waals surface area (Å²) in [5, 5.41) is 17.9. The third kappa shape index (κ3) is 13.8. The molecule has 3 N–H and O–H groups in total. The van der Waals surface area contributed by atoms with E-state index in [1.54, 1.807) is 70.7 Å². The van der Waals surface area contributed by atoms with E-state index in [2.05, 4.69) is 51.2 Å². The molecule has 54 heavy (non-hydrogen) atoms. The summed E-state index contributed by atoms with van der Waals surface area (Å²) in [6, 6.07) is 22.5. The van der Waals surface area contributed by atoms with Crippen LogP contribution >= 0.6 is 24.4 Å². The van der Waals surface area contributed by atoms with Gasteiger partial charge in [-0.2, -0.15) is 5.26 Å². The number of rotatable bonds is 7. The molecule has 0 unspecified atom stereocenters. The predicted octanol–water partition coefficient (Wildman–Crippen LogP) is 8.35. The van der Waals surface area contributed by atoms with Crippen LogP contribution in [0.25, 0.3) is 0 Å². The van der Waals surface area contributed by atoms with Crippen molar-refractivity contribution in [2.45, 2.75) is 71.1 Å². The number of amides is 3. The standard InChI is InChI=1S/C20H18N4OS.C19H30N4O4S/c1-3-22-17-10-9-16(12-21)11-18(17)23-20-24(19(25)14(2)26-20)13-15-7-5-4-6-8-15;1-18(2,3)26-16(24)21-15(22-17(25)27-19(4,5)6)20-12-9-10-13(23(7)8)14(28)11-12/h4-11,22H,2-3,13H2,1H3;9-11,28H,1-8H3,(H2,20,21,22,24,25). The second kappa shape index (κ2) is 19.0. The van der Waals surface area contributed by atoms with Gasteiger partial charge in [0.2, 0.25) is 5.96 Å². The number of ether oxygens (including phenoxy) is 2. The molecule has 0 bridgehead atoms. The SMILES string of the molecule is C=C1SC(=Nc2cc(C#N)ccc2NCC)N(Cc2ccccc2)C1=O.CN(C)c1ccc(N=C(NC(=O)OC(C)(C)C)NC(=O)OC(C)(C)C)cc1S. The number of guanidine groups is 1. The Morgan fingerprint density at radius 2 is 1.57 bits per heavy atom. The molecular weight excluding hydrogens is 725 g/mol. The minimum Gasteiger partial charge on any atom is -0.444 e. The van der Waals surface area contributed by atoms with E-state index in [9.17, 15) is 19.6 Å². The summed E-state index contributed by atoms with van der Waals surface area (Å²) < 4.78 is 10.4. The number of nitriles is 1. The number of hydrogen-bond donors (Lipinski definition) is 4. The Balaban J connectivity index is 0.000000291. The Labute approximate surface area is 327 Å². The molecule has 1 fully saturated rings. The molecule has 1 saturated heterocycles. The summed E-state index contributed by atoms with van der Waals surface area (Å²) in [5.74, 6) is -0.257. The second-order valence-electron chi connectivity index (χ2n) is 14.0. The van der Waals surface area contributed by atoms with E-state index >= 15 is 0 Å². The summed E-state index contributed by atoms with van der Waals surface area (Å²) >= 11 is 5.70. The Morgan fingerprint density at radius 1 is 0.963 bits per heavy atom. The zero-order valence-corrected chi connectivity index (χ0v) is 33.8. The van der Waals surface area contributed by atoms with Crippen LogP contribution in [-0.2, 0) is 20.8 Å². The molecule has 15 heteroatoms. The van der Waals surface area contributed by atoms with E-state index in [0.29, 0.717) is 38.5 Å². The smallest absolute Gasteiger partial charge is 0.414 e. The van der Waals surface area contributed by atoms with Crippen molar-refractivity contribution in [2.24, 2.45) is 9.98 Å². The van der Waals surface area contributed by atoms with Crippen LogP contribution < -0.4 is 20.9 Å². The molecule has 3 amide bonds. The monoisotopic (exact) mass is 772 g/mol. The molecule has 3 aromatic rings. The van der Waals surface area contributed by atoms with Crippen molar-refractivity contribution in [3.63, 3.8) is 0 Å². The molecule has 286 valence electrons. The minimum atomic E-state index is -0.752. The van der Waals surface area contributed by atoms with Crippen LogP contribution in [0.3, 0.4) is 0 Å². The third-order valence-corrected chi connectivity index (χ3v) is 8.02. The number of benzene rings is 3. The van der Waals surface area contributed by atoms with E-state index in [-0.39, 0.29) is 11.9 Å². The first-order valence-electron chi connectivity index (χ1n) is 17.0.